The van der Waals surface area contributed by atoms with Crippen molar-refractivity contribution in [1.29, 1.82) is 0 Å². The molecule has 1 aromatic heterocycles. The van der Waals surface area contributed by atoms with Crippen LogP contribution in [0.1, 0.15) is 12.5 Å². The Balaban J connectivity index is 1.96. The van der Waals surface area contributed by atoms with Crippen molar-refractivity contribution in [2.75, 3.05) is 5.32 Å². The van der Waals surface area contributed by atoms with Gasteiger partial charge >= 0.3 is 0 Å². The van der Waals surface area contributed by atoms with E-state index in [1.54, 1.807) is 0 Å². The third-order valence-corrected chi connectivity index (χ3v) is 3.07. The van der Waals surface area contributed by atoms with Gasteiger partial charge in [0.25, 0.3) is 0 Å². The standard InChI is InChI=1S/C15H15N3/c1-2-11-6-5-7-12(10-11)16-15-13-8-3-4-9-14(13)17-18-15/h3-10H,2H2,1H3,(H2,16,17,18). The number of aromatic amines is 1. The predicted octanol–water partition coefficient (Wildman–Crippen LogP) is 3.87. The SMILES string of the molecule is CCc1cccc(Nc2n[nH]c3ccccc23)c1. The van der Waals surface area contributed by atoms with Gasteiger partial charge in [0.1, 0.15) is 0 Å². The molecule has 0 aliphatic carbocycles. The molecule has 0 bridgehead atoms. The Kier molecular flexibility index (Phi) is 2.73. The smallest absolute Gasteiger partial charge is 0.160 e. The lowest BCUT2D eigenvalue weighted by atomic mass is 10.1. The highest BCUT2D eigenvalue weighted by molar-refractivity contribution is 5.91. The molecule has 0 amide bonds. The Morgan fingerprint density at radius 3 is 2.89 bits per heavy atom. The summed E-state index contributed by atoms with van der Waals surface area (Å²) < 4.78 is 0. The number of hydrogen-bond donors (Lipinski definition) is 2. The normalized spacial score (nSPS) is 10.7. The minimum Gasteiger partial charge on any atom is -0.338 e. The summed E-state index contributed by atoms with van der Waals surface area (Å²) in [6.45, 7) is 2.16. The van der Waals surface area contributed by atoms with Gasteiger partial charge < -0.3 is 5.32 Å². The van der Waals surface area contributed by atoms with E-state index in [4.69, 9.17) is 0 Å². The fourth-order valence-electron chi connectivity index (χ4n) is 2.06. The van der Waals surface area contributed by atoms with Gasteiger partial charge in [-0.15, -0.1) is 0 Å². The van der Waals surface area contributed by atoms with Crippen molar-refractivity contribution < 1.29 is 0 Å². The van der Waals surface area contributed by atoms with Crippen molar-refractivity contribution in [1.82, 2.24) is 10.2 Å². The summed E-state index contributed by atoms with van der Waals surface area (Å²) in [6, 6.07) is 16.5. The zero-order valence-corrected chi connectivity index (χ0v) is 10.3. The summed E-state index contributed by atoms with van der Waals surface area (Å²) in [5.74, 6) is 0.874. The minimum atomic E-state index is 0.874. The Hall–Kier alpha value is -2.29. The number of rotatable bonds is 3. The summed E-state index contributed by atoms with van der Waals surface area (Å²) >= 11 is 0. The maximum atomic E-state index is 4.31. The lowest BCUT2D eigenvalue weighted by Crippen LogP contribution is -1.92. The van der Waals surface area contributed by atoms with Gasteiger partial charge in [0.05, 0.1) is 5.52 Å². The molecule has 0 spiro atoms. The van der Waals surface area contributed by atoms with Crippen LogP contribution in [0.15, 0.2) is 48.5 Å². The largest absolute Gasteiger partial charge is 0.338 e. The first kappa shape index (κ1) is 10.8. The first-order chi connectivity index (χ1) is 8.86. The number of nitrogens with one attached hydrogen (secondary N) is 2. The lowest BCUT2D eigenvalue weighted by Gasteiger charge is -2.05. The molecular weight excluding hydrogens is 222 g/mol. The number of benzene rings is 2. The quantitative estimate of drug-likeness (QED) is 0.726. The van der Waals surface area contributed by atoms with E-state index in [0.29, 0.717) is 0 Å². The number of anilines is 2. The van der Waals surface area contributed by atoms with Crippen LogP contribution in [0.4, 0.5) is 11.5 Å². The summed E-state index contributed by atoms with van der Waals surface area (Å²) in [6.07, 6.45) is 1.04. The highest BCUT2D eigenvalue weighted by atomic mass is 15.2. The second-order valence-corrected chi connectivity index (χ2v) is 4.30. The van der Waals surface area contributed by atoms with Gasteiger partial charge in [0.2, 0.25) is 0 Å². The highest BCUT2D eigenvalue weighted by Crippen LogP contribution is 2.23. The molecule has 0 saturated heterocycles. The van der Waals surface area contributed by atoms with Gasteiger partial charge in [-0.1, -0.05) is 31.2 Å². The van der Waals surface area contributed by atoms with Gasteiger partial charge in [-0.2, -0.15) is 5.10 Å². The maximum Gasteiger partial charge on any atom is 0.160 e. The number of aryl methyl sites for hydroxylation is 1. The van der Waals surface area contributed by atoms with Crippen molar-refractivity contribution in [2.24, 2.45) is 0 Å². The Morgan fingerprint density at radius 1 is 1.11 bits per heavy atom. The molecule has 1 heterocycles. The number of fused-ring (bicyclic) bond motifs is 1. The maximum absolute atomic E-state index is 4.31. The van der Waals surface area contributed by atoms with Crippen molar-refractivity contribution in [3.05, 3.63) is 54.1 Å². The molecule has 2 N–H and O–H groups in total. The molecule has 0 unspecified atom stereocenters. The first-order valence-electron chi connectivity index (χ1n) is 6.16. The number of nitrogens with zero attached hydrogens (tertiary/aromatic N) is 1. The second kappa shape index (κ2) is 4.53. The Bertz CT molecular complexity index is 670. The van der Waals surface area contributed by atoms with Crippen LogP contribution in [0, 0.1) is 0 Å². The van der Waals surface area contributed by atoms with Gasteiger partial charge in [-0.3, -0.25) is 5.10 Å². The van der Waals surface area contributed by atoms with E-state index in [0.717, 1.165) is 28.8 Å². The number of hydrogen-bond acceptors (Lipinski definition) is 2. The highest BCUT2D eigenvalue weighted by Gasteiger charge is 2.04. The van der Waals surface area contributed by atoms with E-state index in [2.05, 4.69) is 52.8 Å². The summed E-state index contributed by atoms with van der Waals surface area (Å²) in [4.78, 5) is 0. The monoisotopic (exact) mass is 237 g/mol. The molecule has 3 aromatic rings. The van der Waals surface area contributed by atoms with E-state index >= 15 is 0 Å². The van der Waals surface area contributed by atoms with Crippen LogP contribution in [0.3, 0.4) is 0 Å². The molecule has 3 rings (SSSR count). The van der Waals surface area contributed by atoms with Crippen LogP contribution < -0.4 is 5.32 Å². The van der Waals surface area contributed by atoms with Gasteiger partial charge in [-0.05, 0) is 36.2 Å². The number of aromatic nitrogens is 2. The molecular formula is C15H15N3. The molecule has 0 atom stereocenters. The fraction of sp³-hybridized carbons (Fsp3) is 0.133. The molecule has 3 nitrogen and oxygen atoms in total. The number of H-pyrrole nitrogens is 1. The van der Waals surface area contributed by atoms with E-state index in [1.165, 1.54) is 5.56 Å². The van der Waals surface area contributed by atoms with Crippen molar-refractivity contribution in [3.8, 4) is 0 Å². The van der Waals surface area contributed by atoms with Gasteiger partial charge in [0, 0.05) is 11.1 Å². The van der Waals surface area contributed by atoms with E-state index < -0.39 is 0 Å². The summed E-state index contributed by atoms with van der Waals surface area (Å²) in [7, 11) is 0. The van der Waals surface area contributed by atoms with Crippen molar-refractivity contribution >= 4 is 22.4 Å². The zero-order valence-electron chi connectivity index (χ0n) is 10.3. The van der Waals surface area contributed by atoms with Gasteiger partial charge in [0.15, 0.2) is 5.82 Å². The predicted molar refractivity (Wildman–Crippen MR) is 75.2 cm³/mol. The molecule has 0 saturated carbocycles. The second-order valence-electron chi connectivity index (χ2n) is 4.30. The van der Waals surface area contributed by atoms with Crippen LogP contribution in [0.25, 0.3) is 10.9 Å². The Labute approximate surface area is 106 Å². The van der Waals surface area contributed by atoms with Crippen molar-refractivity contribution in [2.45, 2.75) is 13.3 Å². The average molecular weight is 237 g/mol. The van der Waals surface area contributed by atoms with Crippen LogP contribution in [-0.2, 0) is 6.42 Å². The van der Waals surface area contributed by atoms with Crippen molar-refractivity contribution in [3.63, 3.8) is 0 Å². The van der Waals surface area contributed by atoms with Crippen LogP contribution in [0.5, 0.6) is 0 Å². The molecule has 90 valence electrons. The summed E-state index contributed by atoms with van der Waals surface area (Å²) in [5.41, 5.74) is 3.44. The molecule has 0 radical (unpaired) electrons. The van der Waals surface area contributed by atoms with E-state index in [9.17, 15) is 0 Å². The molecule has 0 aliphatic rings. The average Bonchev–Trinajstić information content (AvgIpc) is 2.83. The molecule has 0 aliphatic heterocycles. The van der Waals surface area contributed by atoms with E-state index in [1.807, 2.05) is 18.2 Å². The topological polar surface area (TPSA) is 40.7 Å². The first-order valence-corrected chi connectivity index (χ1v) is 6.16. The number of para-hydroxylation sites is 1. The third kappa shape index (κ3) is 1.95. The van der Waals surface area contributed by atoms with Crippen LogP contribution >= 0.6 is 0 Å². The van der Waals surface area contributed by atoms with Crippen LogP contribution in [-0.4, -0.2) is 10.2 Å². The lowest BCUT2D eigenvalue weighted by molar-refractivity contribution is 1.12. The van der Waals surface area contributed by atoms with E-state index in [-0.39, 0.29) is 0 Å². The fourth-order valence-corrected chi connectivity index (χ4v) is 2.06. The third-order valence-electron chi connectivity index (χ3n) is 3.07. The molecule has 18 heavy (non-hydrogen) atoms. The van der Waals surface area contributed by atoms with Gasteiger partial charge in [-0.25, -0.2) is 0 Å². The molecule has 3 heteroatoms. The summed E-state index contributed by atoms with van der Waals surface area (Å²) in [5, 5.41) is 11.8. The molecule has 0 fully saturated rings. The molecule has 2 aromatic carbocycles. The van der Waals surface area contributed by atoms with Crippen LogP contribution in [0.2, 0.25) is 0 Å². The minimum absolute atomic E-state index is 0.874. The Morgan fingerprint density at radius 2 is 2.00 bits per heavy atom. The zero-order chi connectivity index (χ0) is 12.4.